The minimum atomic E-state index is -4.63. The molecule has 0 saturated heterocycles. The zero-order valence-corrected chi connectivity index (χ0v) is 33.7. The van der Waals surface area contributed by atoms with Crippen molar-refractivity contribution in [2.75, 3.05) is 26.4 Å². The van der Waals surface area contributed by atoms with Crippen molar-refractivity contribution in [3.05, 3.63) is 36.5 Å². The summed E-state index contributed by atoms with van der Waals surface area (Å²) in [6, 6.07) is 0. The maximum Gasteiger partial charge on any atom is 0.472 e. The summed E-state index contributed by atoms with van der Waals surface area (Å²) in [4.78, 5) is 34.4. The Hall–Kier alpha value is -1.81. The number of unbranched alkanes of at least 4 members (excludes halogenated alkanes) is 18. The first-order valence-electron chi connectivity index (χ1n) is 20.4. The van der Waals surface area contributed by atoms with Crippen molar-refractivity contribution in [3.63, 3.8) is 0 Å². The Morgan fingerprint density at radius 3 is 1.29 bits per heavy atom. The van der Waals surface area contributed by atoms with E-state index >= 15 is 0 Å². The number of hydrogen-bond acceptors (Lipinski definition) is 9. The van der Waals surface area contributed by atoms with Crippen molar-refractivity contribution in [2.45, 2.75) is 187 Å². The number of carbonyl (C=O) groups excluding carboxylic acids is 2. The molecule has 52 heavy (non-hydrogen) atoms. The molecule has 304 valence electrons. The van der Waals surface area contributed by atoms with Gasteiger partial charge in [0.2, 0.25) is 0 Å². The number of allylic oxidation sites excluding steroid dienone is 6. The molecule has 11 heteroatoms. The minimum Gasteiger partial charge on any atom is -0.457 e. The molecule has 0 aliphatic rings. The smallest absolute Gasteiger partial charge is 0.457 e. The highest BCUT2D eigenvalue weighted by molar-refractivity contribution is 7.47. The van der Waals surface area contributed by atoms with Crippen LogP contribution in [0.4, 0.5) is 0 Å². The summed E-state index contributed by atoms with van der Waals surface area (Å²) in [7, 11) is -4.63. The molecule has 0 aromatic carbocycles. The lowest BCUT2D eigenvalue weighted by atomic mass is 10.1. The highest BCUT2D eigenvalue weighted by Gasteiger charge is 2.27. The van der Waals surface area contributed by atoms with E-state index in [-0.39, 0.29) is 12.8 Å². The van der Waals surface area contributed by atoms with E-state index in [9.17, 15) is 29.3 Å². The molecular formula is C41H75O10P. The number of hydrogen-bond donors (Lipinski definition) is 3. The van der Waals surface area contributed by atoms with E-state index in [0.717, 1.165) is 77.0 Å². The summed E-state index contributed by atoms with van der Waals surface area (Å²) in [5, 5.41) is 19.1. The van der Waals surface area contributed by atoms with E-state index in [4.69, 9.17) is 18.5 Å². The first-order chi connectivity index (χ1) is 25.3. The highest BCUT2D eigenvalue weighted by Crippen LogP contribution is 2.43. The van der Waals surface area contributed by atoms with Crippen LogP contribution in [0.1, 0.15) is 174 Å². The van der Waals surface area contributed by atoms with Gasteiger partial charge < -0.3 is 24.6 Å². The molecule has 3 unspecified atom stereocenters. The van der Waals surface area contributed by atoms with Crippen LogP contribution in [0, 0.1) is 0 Å². The molecule has 0 aromatic heterocycles. The van der Waals surface area contributed by atoms with Crippen molar-refractivity contribution >= 4 is 19.8 Å². The zero-order valence-electron chi connectivity index (χ0n) is 32.8. The zero-order chi connectivity index (χ0) is 38.4. The number of esters is 2. The maximum atomic E-state index is 12.3. The topological polar surface area (TPSA) is 149 Å². The number of phosphoric ester groups is 1. The molecule has 0 radical (unpaired) electrons. The normalized spacial score (nSPS) is 14.3. The Morgan fingerprint density at radius 2 is 0.885 bits per heavy atom. The lowest BCUT2D eigenvalue weighted by Crippen LogP contribution is -2.28. The standard InChI is InChI=1S/C41H75O10P/c1-3-5-7-9-11-13-15-16-17-18-19-20-21-22-23-25-27-29-31-33-41(45)51-39(35-43)37-49-52(46,47)48-36-38(34-42)50-40(44)32-30-28-26-24-14-12-10-8-6-4-2/h8,10-11,13,16-17,38-39,42-43H,3-7,9,12,14-15,18-37H2,1-2H3,(H,46,47)/b10-8-,13-11-,17-16-. The molecule has 0 bridgehead atoms. The predicted molar refractivity (Wildman–Crippen MR) is 210 cm³/mol. The molecule has 0 aliphatic carbocycles. The summed E-state index contributed by atoms with van der Waals surface area (Å²) in [6.45, 7) is 2.09. The summed E-state index contributed by atoms with van der Waals surface area (Å²) in [5.74, 6) is -1.03. The number of ether oxygens (including phenoxy) is 2. The van der Waals surface area contributed by atoms with E-state index in [1.54, 1.807) is 0 Å². The number of aliphatic hydroxyl groups excluding tert-OH is 2. The number of phosphoric acid groups is 1. The van der Waals surface area contributed by atoms with E-state index < -0.39 is 58.4 Å². The van der Waals surface area contributed by atoms with E-state index in [0.29, 0.717) is 12.8 Å². The third-order valence-electron chi connectivity index (χ3n) is 8.56. The Morgan fingerprint density at radius 1 is 0.519 bits per heavy atom. The molecule has 0 aliphatic heterocycles. The monoisotopic (exact) mass is 759 g/mol. The van der Waals surface area contributed by atoms with Crippen LogP contribution < -0.4 is 0 Å². The largest absolute Gasteiger partial charge is 0.472 e. The van der Waals surface area contributed by atoms with Gasteiger partial charge in [-0.3, -0.25) is 18.6 Å². The van der Waals surface area contributed by atoms with Gasteiger partial charge in [-0.2, -0.15) is 0 Å². The van der Waals surface area contributed by atoms with Gasteiger partial charge in [0.25, 0.3) is 0 Å². The summed E-state index contributed by atoms with van der Waals surface area (Å²) < 4.78 is 32.4. The van der Waals surface area contributed by atoms with Crippen molar-refractivity contribution in [1.29, 1.82) is 0 Å². The molecule has 0 aromatic rings. The molecule has 3 N–H and O–H groups in total. The Labute approximate surface area is 316 Å². The van der Waals surface area contributed by atoms with E-state index in [2.05, 4.69) is 50.3 Å². The highest BCUT2D eigenvalue weighted by atomic mass is 31.2. The molecule has 0 rings (SSSR count). The van der Waals surface area contributed by atoms with Crippen molar-refractivity contribution in [3.8, 4) is 0 Å². The molecule has 10 nitrogen and oxygen atoms in total. The van der Waals surface area contributed by atoms with Crippen LogP contribution in [0.25, 0.3) is 0 Å². The van der Waals surface area contributed by atoms with Gasteiger partial charge in [-0.15, -0.1) is 0 Å². The van der Waals surface area contributed by atoms with Gasteiger partial charge >= 0.3 is 19.8 Å². The summed E-state index contributed by atoms with van der Waals surface area (Å²) >= 11 is 0. The third kappa shape index (κ3) is 35.2. The molecule has 0 spiro atoms. The van der Waals surface area contributed by atoms with Crippen LogP contribution in [0.2, 0.25) is 0 Å². The van der Waals surface area contributed by atoms with Gasteiger partial charge in [-0.25, -0.2) is 4.57 Å². The molecule has 0 heterocycles. The van der Waals surface area contributed by atoms with Crippen LogP contribution in [-0.4, -0.2) is 65.7 Å². The Bertz CT molecular complexity index is 967. The van der Waals surface area contributed by atoms with Gasteiger partial charge in [-0.05, 0) is 64.2 Å². The van der Waals surface area contributed by atoms with Gasteiger partial charge in [0, 0.05) is 12.8 Å². The Balaban J connectivity index is 3.92. The number of aliphatic hydroxyl groups is 2. The van der Waals surface area contributed by atoms with Crippen LogP contribution in [0.5, 0.6) is 0 Å². The fourth-order valence-corrected chi connectivity index (χ4v) is 6.17. The molecule has 3 atom stereocenters. The Kier molecular flexibility index (Phi) is 36.2. The molecule has 0 fully saturated rings. The van der Waals surface area contributed by atoms with Crippen molar-refractivity contribution in [2.24, 2.45) is 0 Å². The number of carbonyl (C=O) groups is 2. The summed E-state index contributed by atoms with van der Waals surface area (Å²) in [6.07, 6.45) is 37.0. The average Bonchev–Trinajstić information content (AvgIpc) is 3.13. The molecule has 0 saturated carbocycles. The van der Waals surface area contributed by atoms with Gasteiger partial charge in [0.05, 0.1) is 26.4 Å². The minimum absolute atomic E-state index is 0.181. The van der Waals surface area contributed by atoms with Crippen LogP contribution >= 0.6 is 7.82 Å². The van der Waals surface area contributed by atoms with Crippen LogP contribution in [0.3, 0.4) is 0 Å². The van der Waals surface area contributed by atoms with Crippen molar-refractivity contribution < 1.29 is 47.8 Å². The second kappa shape index (κ2) is 37.5. The van der Waals surface area contributed by atoms with Gasteiger partial charge in [0.1, 0.15) is 12.2 Å². The first kappa shape index (κ1) is 50.2. The lowest BCUT2D eigenvalue weighted by Gasteiger charge is -2.20. The second-order valence-electron chi connectivity index (χ2n) is 13.6. The maximum absolute atomic E-state index is 12.3. The lowest BCUT2D eigenvalue weighted by molar-refractivity contribution is -0.153. The van der Waals surface area contributed by atoms with Gasteiger partial charge in [0.15, 0.2) is 0 Å². The van der Waals surface area contributed by atoms with E-state index in [1.165, 1.54) is 57.8 Å². The van der Waals surface area contributed by atoms with E-state index in [1.807, 2.05) is 0 Å². The predicted octanol–water partition coefficient (Wildman–Crippen LogP) is 10.4. The van der Waals surface area contributed by atoms with Crippen LogP contribution in [0.15, 0.2) is 36.5 Å². The fraction of sp³-hybridized carbons (Fsp3) is 0.805. The molecular weight excluding hydrogens is 683 g/mol. The third-order valence-corrected chi connectivity index (χ3v) is 9.51. The quantitative estimate of drug-likeness (QED) is 0.0240. The number of rotatable bonds is 38. The first-order valence-corrected chi connectivity index (χ1v) is 21.9. The van der Waals surface area contributed by atoms with Crippen molar-refractivity contribution in [1.82, 2.24) is 0 Å². The van der Waals surface area contributed by atoms with Gasteiger partial charge in [-0.1, -0.05) is 134 Å². The summed E-state index contributed by atoms with van der Waals surface area (Å²) in [5.41, 5.74) is 0. The fourth-order valence-electron chi connectivity index (χ4n) is 5.38. The average molecular weight is 759 g/mol. The SMILES string of the molecule is CCC/C=C\CCCCCCCC(=O)OC(CO)COP(=O)(O)OCC(CO)OC(=O)CCCCCCCCCCC/C=C\C/C=C\CCCCC. The molecule has 0 amide bonds. The van der Waals surface area contributed by atoms with Crippen LogP contribution in [-0.2, 0) is 32.7 Å². The second-order valence-corrected chi connectivity index (χ2v) is 15.1.